The van der Waals surface area contributed by atoms with Crippen LogP contribution < -0.4 is 5.73 Å². The second-order valence-corrected chi connectivity index (χ2v) is 7.55. The Labute approximate surface area is 165 Å². The summed E-state index contributed by atoms with van der Waals surface area (Å²) in [5.41, 5.74) is 6.17. The maximum absolute atomic E-state index is 11.9. The molecule has 0 saturated carbocycles. The molecule has 2 atom stereocenters. The van der Waals surface area contributed by atoms with Gasteiger partial charge in [-0.25, -0.2) is 0 Å². The number of nitrogens with two attached hydrogens (primary N) is 1. The molecule has 2 N–H and O–H groups in total. The van der Waals surface area contributed by atoms with Crippen LogP contribution in [0.4, 0.5) is 0 Å². The Balaban J connectivity index is 2.31. The van der Waals surface area contributed by atoms with Gasteiger partial charge < -0.3 is 10.6 Å². The van der Waals surface area contributed by atoms with Gasteiger partial charge in [0, 0.05) is 36.3 Å². The minimum atomic E-state index is -1.68. The summed E-state index contributed by atoms with van der Waals surface area (Å²) >= 11 is 3.44. The highest BCUT2D eigenvalue weighted by molar-refractivity contribution is 9.10. The Hall–Kier alpha value is -3.08. The molecule has 134 valence electrons. The number of nitrogens with zero attached hydrogens (tertiary/aromatic N) is 4. The van der Waals surface area contributed by atoms with Gasteiger partial charge >= 0.3 is 0 Å². The standard InChI is InChI=1S/C20H16BrN5O/c1-12(27)26-6-5-17-16(9-26)18(13-3-2-4-14(21)7-13)15(8-22)19(25)20(17,10-23)11-24/h2-5,7,16,18H,6,9,25H2,1H3/t16-,18+/m0/s1. The van der Waals surface area contributed by atoms with Gasteiger partial charge in [0.15, 0.2) is 0 Å². The number of carbonyl (C=O) groups excluding carboxylic acids is 1. The summed E-state index contributed by atoms with van der Waals surface area (Å²) in [5.74, 6) is -0.909. The summed E-state index contributed by atoms with van der Waals surface area (Å²) in [4.78, 5) is 13.6. The van der Waals surface area contributed by atoms with Crippen molar-refractivity contribution in [3.05, 3.63) is 57.2 Å². The van der Waals surface area contributed by atoms with Crippen molar-refractivity contribution in [3.63, 3.8) is 0 Å². The highest BCUT2D eigenvalue weighted by Gasteiger charge is 2.52. The smallest absolute Gasteiger partial charge is 0.219 e. The molecule has 2 aliphatic rings. The van der Waals surface area contributed by atoms with Gasteiger partial charge in [-0.2, -0.15) is 15.8 Å². The third-order valence-corrected chi connectivity index (χ3v) is 5.79. The number of allylic oxidation sites excluding steroid dienone is 2. The topological polar surface area (TPSA) is 118 Å². The van der Waals surface area contributed by atoms with E-state index in [0.29, 0.717) is 18.7 Å². The average Bonchev–Trinajstić information content (AvgIpc) is 2.67. The fraction of sp³-hybridized carbons (Fsp3) is 0.300. The molecule has 1 amide bonds. The minimum Gasteiger partial charge on any atom is -0.399 e. The van der Waals surface area contributed by atoms with Crippen molar-refractivity contribution in [3.8, 4) is 18.2 Å². The Morgan fingerprint density at radius 3 is 2.59 bits per heavy atom. The molecule has 27 heavy (non-hydrogen) atoms. The predicted molar refractivity (Wildman–Crippen MR) is 101 cm³/mol. The fourth-order valence-electron chi connectivity index (χ4n) is 3.97. The highest BCUT2D eigenvalue weighted by atomic mass is 79.9. The molecule has 0 spiro atoms. The lowest BCUT2D eigenvalue weighted by atomic mass is 9.60. The van der Waals surface area contributed by atoms with Gasteiger partial charge in [-0.3, -0.25) is 4.79 Å². The van der Waals surface area contributed by atoms with Crippen LogP contribution in [0.3, 0.4) is 0 Å². The Kier molecular flexibility index (Phi) is 4.79. The third-order valence-electron chi connectivity index (χ3n) is 5.30. The van der Waals surface area contributed by atoms with Crippen LogP contribution in [0.2, 0.25) is 0 Å². The maximum Gasteiger partial charge on any atom is 0.219 e. The van der Waals surface area contributed by atoms with Crippen LogP contribution in [0.25, 0.3) is 0 Å². The second-order valence-electron chi connectivity index (χ2n) is 6.64. The number of hydrogen-bond donors (Lipinski definition) is 1. The molecule has 0 aromatic heterocycles. The van der Waals surface area contributed by atoms with Gasteiger partial charge in [-0.1, -0.05) is 34.1 Å². The van der Waals surface area contributed by atoms with Crippen LogP contribution in [0, 0.1) is 45.3 Å². The van der Waals surface area contributed by atoms with E-state index in [1.807, 2.05) is 36.4 Å². The van der Waals surface area contributed by atoms with Crippen LogP contribution in [0.1, 0.15) is 18.4 Å². The van der Waals surface area contributed by atoms with Gasteiger partial charge in [0.25, 0.3) is 0 Å². The van der Waals surface area contributed by atoms with Gasteiger partial charge in [-0.05, 0) is 23.3 Å². The lowest BCUT2D eigenvalue weighted by Gasteiger charge is -2.44. The van der Waals surface area contributed by atoms with Crippen LogP contribution in [0.5, 0.6) is 0 Å². The SMILES string of the molecule is CC(=O)N1CC=C2[C@H](C1)[C@H](c1cccc(Br)c1)C(C#N)=C(N)C2(C#N)C#N. The zero-order chi connectivity index (χ0) is 19.8. The van der Waals surface area contributed by atoms with E-state index in [4.69, 9.17) is 5.73 Å². The minimum absolute atomic E-state index is 0.0150. The van der Waals surface area contributed by atoms with E-state index in [-0.39, 0.29) is 23.1 Å². The number of halogens is 1. The van der Waals surface area contributed by atoms with E-state index < -0.39 is 11.3 Å². The fourth-order valence-corrected chi connectivity index (χ4v) is 4.39. The lowest BCUT2D eigenvalue weighted by molar-refractivity contribution is -0.129. The Bertz CT molecular complexity index is 990. The Morgan fingerprint density at radius 2 is 2.04 bits per heavy atom. The average molecular weight is 422 g/mol. The molecule has 1 aromatic carbocycles. The zero-order valence-corrected chi connectivity index (χ0v) is 16.2. The molecule has 7 heteroatoms. The van der Waals surface area contributed by atoms with E-state index in [0.717, 1.165) is 10.0 Å². The molecule has 3 rings (SSSR count). The number of fused-ring (bicyclic) bond motifs is 1. The molecule has 0 unspecified atom stereocenters. The van der Waals surface area contributed by atoms with Crippen molar-refractivity contribution < 1.29 is 4.79 Å². The highest BCUT2D eigenvalue weighted by Crippen LogP contribution is 2.52. The molecule has 0 saturated heterocycles. The van der Waals surface area contributed by atoms with Crippen molar-refractivity contribution in [1.82, 2.24) is 4.90 Å². The molecule has 0 radical (unpaired) electrons. The normalized spacial score (nSPS) is 23.4. The van der Waals surface area contributed by atoms with E-state index in [1.165, 1.54) is 6.92 Å². The molecule has 1 aromatic rings. The molecule has 0 bridgehead atoms. The monoisotopic (exact) mass is 421 g/mol. The molecule has 0 fully saturated rings. The number of amides is 1. The molecular formula is C20H16BrN5O. The number of benzene rings is 1. The van der Waals surface area contributed by atoms with E-state index >= 15 is 0 Å². The van der Waals surface area contributed by atoms with Crippen LogP contribution in [-0.2, 0) is 4.79 Å². The van der Waals surface area contributed by atoms with Crippen molar-refractivity contribution in [2.24, 2.45) is 17.1 Å². The summed E-state index contributed by atoms with van der Waals surface area (Å²) < 4.78 is 0.845. The first kappa shape index (κ1) is 18.7. The van der Waals surface area contributed by atoms with Crippen molar-refractivity contribution in [2.75, 3.05) is 13.1 Å². The first-order valence-electron chi connectivity index (χ1n) is 8.33. The first-order chi connectivity index (χ1) is 12.9. The first-order valence-corrected chi connectivity index (χ1v) is 9.13. The van der Waals surface area contributed by atoms with Crippen LogP contribution in [-0.4, -0.2) is 23.9 Å². The number of hydrogen-bond acceptors (Lipinski definition) is 5. The summed E-state index contributed by atoms with van der Waals surface area (Å²) in [6, 6.07) is 13.7. The molecule has 1 heterocycles. The van der Waals surface area contributed by atoms with Crippen LogP contribution in [0.15, 0.2) is 51.7 Å². The van der Waals surface area contributed by atoms with Crippen molar-refractivity contribution >= 4 is 21.8 Å². The lowest BCUT2D eigenvalue weighted by Crippen LogP contribution is -2.48. The molecule has 1 aliphatic heterocycles. The maximum atomic E-state index is 11.9. The Morgan fingerprint density at radius 1 is 1.33 bits per heavy atom. The van der Waals surface area contributed by atoms with Gasteiger partial charge in [-0.15, -0.1) is 0 Å². The summed E-state index contributed by atoms with van der Waals surface area (Å²) in [6.45, 7) is 2.11. The van der Waals surface area contributed by atoms with Crippen molar-refractivity contribution in [1.29, 1.82) is 15.8 Å². The number of nitriles is 3. The summed E-state index contributed by atoms with van der Waals surface area (Å²) in [5, 5.41) is 29.5. The molecular weight excluding hydrogens is 406 g/mol. The predicted octanol–water partition coefficient (Wildman–Crippen LogP) is 2.72. The summed E-state index contributed by atoms with van der Waals surface area (Å²) in [7, 11) is 0. The second kappa shape index (κ2) is 6.91. The van der Waals surface area contributed by atoms with Crippen LogP contribution >= 0.6 is 15.9 Å². The van der Waals surface area contributed by atoms with E-state index in [2.05, 4.69) is 22.0 Å². The van der Waals surface area contributed by atoms with Gasteiger partial charge in [0.1, 0.15) is 0 Å². The van der Waals surface area contributed by atoms with E-state index in [9.17, 15) is 20.6 Å². The summed E-state index contributed by atoms with van der Waals surface area (Å²) in [6.07, 6.45) is 1.74. The molecule has 1 aliphatic carbocycles. The number of rotatable bonds is 1. The third kappa shape index (κ3) is 2.79. The largest absolute Gasteiger partial charge is 0.399 e. The number of carbonyl (C=O) groups is 1. The van der Waals surface area contributed by atoms with Gasteiger partial charge in [0.05, 0.1) is 29.5 Å². The molecule has 6 nitrogen and oxygen atoms in total. The van der Waals surface area contributed by atoms with E-state index in [1.54, 1.807) is 11.0 Å². The van der Waals surface area contributed by atoms with Gasteiger partial charge in [0.2, 0.25) is 11.3 Å². The van der Waals surface area contributed by atoms with Crippen molar-refractivity contribution in [2.45, 2.75) is 12.8 Å². The quantitative estimate of drug-likeness (QED) is 0.699. The zero-order valence-electron chi connectivity index (χ0n) is 14.6.